The molecule has 1 fully saturated rings. The Morgan fingerprint density at radius 2 is 1.67 bits per heavy atom. The first-order valence-electron chi connectivity index (χ1n) is 8.24. The van der Waals surface area contributed by atoms with Crippen LogP contribution in [0.1, 0.15) is 17.5 Å². The van der Waals surface area contributed by atoms with Gasteiger partial charge in [0.05, 0.1) is 17.4 Å². The number of hydrogen-bond acceptors (Lipinski definition) is 2. The van der Waals surface area contributed by atoms with Gasteiger partial charge in [0.2, 0.25) is 11.8 Å². The van der Waals surface area contributed by atoms with Gasteiger partial charge in [-0.15, -0.1) is 0 Å². The van der Waals surface area contributed by atoms with Crippen LogP contribution in [0.25, 0.3) is 0 Å². The maximum atomic E-state index is 12.8. The van der Waals surface area contributed by atoms with Crippen LogP contribution in [0.15, 0.2) is 48.5 Å². The minimum absolute atomic E-state index is 0.0344. The van der Waals surface area contributed by atoms with Gasteiger partial charge in [-0.05, 0) is 42.3 Å². The smallest absolute Gasteiger partial charge is 0.352 e. The second-order valence-electron chi connectivity index (χ2n) is 6.36. The standard InChI is InChI=1S/C19H16F4N2O2/c20-13-6-4-11(5-7-13)10-24-17(26)15-9-16(15)18(27)25-14-3-1-2-12(8-14)19(21,22)23/h1-8,15-16H,9-10H2,(H,24,26)(H,25,27). The highest BCUT2D eigenvalue weighted by atomic mass is 19.4. The van der Waals surface area contributed by atoms with Crippen molar-refractivity contribution in [1.29, 1.82) is 0 Å². The molecule has 0 aromatic heterocycles. The van der Waals surface area contributed by atoms with E-state index in [1.807, 2.05) is 0 Å². The zero-order chi connectivity index (χ0) is 19.6. The van der Waals surface area contributed by atoms with Crippen LogP contribution in [0.3, 0.4) is 0 Å². The summed E-state index contributed by atoms with van der Waals surface area (Å²) < 4.78 is 51.0. The van der Waals surface area contributed by atoms with E-state index in [1.165, 1.54) is 24.3 Å². The van der Waals surface area contributed by atoms with Crippen LogP contribution >= 0.6 is 0 Å². The van der Waals surface area contributed by atoms with Crippen LogP contribution in [-0.2, 0) is 22.3 Å². The van der Waals surface area contributed by atoms with Gasteiger partial charge >= 0.3 is 6.18 Å². The van der Waals surface area contributed by atoms with E-state index >= 15 is 0 Å². The Labute approximate surface area is 152 Å². The van der Waals surface area contributed by atoms with Crippen LogP contribution in [0, 0.1) is 17.7 Å². The molecule has 0 spiro atoms. The SMILES string of the molecule is O=C(NCc1ccc(F)cc1)C1CC1C(=O)Nc1cccc(C(F)(F)F)c1. The fourth-order valence-electron chi connectivity index (χ4n) is 2.71. The molecule has 1 aliphatic carbocycles. The molecule has 0 heterocycles. The second-order valence-corrected chi connectivity index (χ2v) is 6.36. The highest BCUT2D eigenvalue weighted by molar-refractivity contribution is 5.99. The average Bonchev–Trinajstić information content (AvgIpc) is 3.41. The molecule has 27 heavy (non-hydrogen) atoms. The summed E-state index contributed by atoms with van der Waals surface area (Å²) in [5.74, 6) is -2.28. The van der Waals surface area contributed by atoms with Gasteiger partial charge in [-0.2, -0.15) is 13.2 Å². The highest BCUT2D eigenvalue weighted by Crippen LogP contribution is 2.40. The lowest BCUT2D eigenvalue weighted by atomic mass is 10.2. The highest BCUT2D eigenvalue weighted by Gasteiger charge is 2.48. The quantitative estimate of drug-likeness (QED) is 0.777. The summed E-state index contributed by atoms with van der Waals surface area (Å²) in [4.78, 5) is 24.2. The fourth-order valence-corrected chi connectivity index (χ4v) is 2.71. The van der Waals surface area contributed by atoms with E-state index in [-0.39, 0.29) is 24.0 Å². The first-order chi connectivity index (χ1) is 12.7. The molecular weight excluding hydrogens is 364 g/mol. The molecule has 1 saturated carbocycles. The summed E-state index contributed by atoms with van der Waals surface area (Å²) in [6.07, 6.45) is -4.16. The maximum absolute atomic E-state index is 12.8. The van der Waals surface area contributed by atoms with Crippen LogP contribution in [0.4, 0.5) is 23.2 Å². The number of amides is 2. The number of benzene rings is 2. The molecule has 0 radical (unpaired) electrons. The molecule has 4 nitrogen and oxygen atoms in total. The summed E-state index contributed by atoms with van der Waals surface area (Å²) in [6.45, 7) is 0.206. The van der Waals surface area contributed by atoms with Crippen LogP contribution < -0.4 is 10.6 Å². The zero-order valence-electron chi connectivity index (χ0n) is 14.0. The number of anilines is 1. The molecule has 2 aromatic carbocycles. The summed E-state index contributed by atoms with van der Waals surface area (Å²) in [5, 5.41) is 5.09. The third-order valence-corrected chi connectivity index (χ3v) is 4.30. The van der Waals surface area contributed by atoms with Gasteiger partial charge < -0.3 is 10.6 Å². The van der Waals surface area contributed by atoms with Gasteiger partial charge in [-0.3, -0.25) is 9.59 Å². The Morgan fingerprint density at radius 1 is 1.00 bits per heavy atom. The van der Waals surface area contributed by atoms with Crippen molar-refractivity contribution < 1.29 is 27.2 Å². The number of nitrogens with one attached hydrogen (secondary N) is 2. The van der Waals surface area contributed by atoms with E-state index in [4.69, 9.17) is 0 Å². The van der Waals surface area contributed by atoms with E-state index in [1.54, 1.807) is 12.1 Å². The Kier molecular flexibility index (Phi) is 5.16. The molecule has 0 aliphatic heterocycles. The summed E-state index contributed by atoms with van der Waals surface area (Å²) in [7, 11) is 0. The average molecular weight is 380 g/mol. The van der Waals surface area contributed by atoms with Crippen molar-refractivity contribution in [3.63, 3.8) is 0 Å². The predicted octanol–water partition coefficient (Wildman–Crippen LogP) is 3.74. The van der Waals surface area contributed by atoms with Crippen molar-refractivity contribution in [3.8, 4) is 0 Å². The van der Waals surface area contributed by atoms with E-state index < -0.39 is 29.5 Å². The van der Waals surface area contributed by atoms with E-state index in [9.17, 15) is 27.2 Å². The molecule has 0 saturated heterocycles. The van der Waals surface area contributed by atoms with Crippen molar-refractivity contribution in [2.75, 3.05) is 5.32 Å². The molecule has 142 valence electrons. The van der Waals surface area contributed by atoms with Gasteiger partial charge in [0.15, 0.2) is 0 Å². The molecule has 2 amide bonds. The molecule has 3 rings (SSSR count). The van der Waals surface area contributed by atoms with Crippen molar-refractivity contribution >= 4 is 17.5 Å². The first-order valence-corrected chi connectivity index (χ1v) is 8.24. The Morgan fingerprint density at radius 3 is 2.33 bits per heavy atom. The molecule has 8 heteroatoms. The van der Waals surface area contributed by atoms with Crippen LogP contribution in [0.5, 0.6) is 0 Å². The molecule has 2 atom stereocenters. The normalized spacial score (nSPS) is 18.7. The number of carbonyl (C=O) groups excluding carboxylic acids is 2. The van der Waals surface area contributed by atoms with Crippen LogP contribution in [-0.4, -0.2) is 11.8 Å². The van der Waals surface area contributed by atoms with Gasteiger partial charge in [0.25, 0.3) is 0 Å². The minimum Gasteiger partial charge on any atom is -0.352 e. The largest absolute Gasteiger partial charge is 0.416 e. The van der Waals surface area contributed by atoms with Crippen molar-refractivity contribution in [2.45, 2.75) is 19.1 Å². The topological polar surface area (TPSA) is 58.2 Å². The van der Waals surface area contributed by atoms with Crippen LogP contribution in [0.2, 0.25) is 0 Å². The van der Waals surface area contributed by atoms with Gasteiger partial charge in [0, 0.05) is 12.2 Å². The van der Waals surface area contributed by atoms with E-state index in [0.717, 1.165) is 17.7 Å². The van der Waals surface area contributed by atoms with Gasteiger partial charge in [-0.1, -0.05) is 18.2 Å². The maximum Gasteiger partial charge on any atom is 0.416 e. The molecular formula is C19H16F4N2O2. The molecule has 2 aromatic rings. The summed E-state index contributed by atoms with van der Waals surface area (Å²) in [6, 6.07) is 9.98. The first kappa shape index (κ1) is 18.9. The lowest BCUT2D eigenvalue weighted by Crippen LogP contribution is -2.27. The number of carbonyl (C=O) groups is 2. The predicted molar refractivity (Wildman–Crippen MR) is 89.9 cm³/mol. The lowest BCUT2D eigenvalue weighted by molar-refractivity contribution is -0.137. The lowest BCUT2D eigenvalue weighted by Gasteiger charge is -2.10. The minimum atomic E-state index is -4.50. The number of rotatable bonds is 5. The summed E-state index contributed by atoms with van der Waals surface area (Å²) in [5.41, 5.74) is -0.104. The summed E-state index contributed by atoms with van der Waals surface area (Å²) >= 11 is 0. The van der Waals surface area contributed by atoms with E-state index in [0.29, 0.717) is 6.42 Å². The van der Waals surface area contributed by atoms with E-state index in [2.05, 4.69) is 10.6 Å². The number of halogens is 4. The van der Waals surface area contributed by atoms with Crippen molar-refractivity contribution in [1.82, 2.24) is 5.32 Å². The number of alkyl halides is 3. The van der Waals surface area contributed by atoms with Crippen molar-refractivity contribution in [3.05, 3.63) is 65.5 Å². The molecule has 0 bridgehead atoms. The van der Waals surface area contributed by atoms with Gasteiger partial charge in [-0.25, -0.2) is 4.39 Å². The third-order valence-electron chi connectivity index (χ3n) is 4.30. The van der Waals surface area contributed by atoms with Crippen molar-refractivity contribution in [2.24, 2.45) is 11.8 Å². The zero-order valence-corrected chi connectivity index (χ0v) is 14.0. The Bertz CT molecular complexity index is 850. The monoisotopic (exact) mass is 380 g/mol. The number of hydrogen-bond donors (Lipinski definition) is 2. The molecule has 1 aliphatic rings. The molecule has 2 N–H and O–H groups in total. The molecule has 2 unspecified atom stereocenters. The second kappa shape index (κ2) is 7.38. The third kappa shape index (κ3) is 4.84. The fraction of sp³-hybridized carbons (Fsp3) is 0.263. The Balaban J connectivity index is 1.51. The van der Waals surface area contributed by atoms with Gasteiger partial charge in [0.1, 0.15) is 5.82 Å². The Hall–Kier alpha value is -2.90.